The summed E-state index contributed by atoms with van der Waals surface area (Å²) in [6.07, 6.45) is 14.5. The van der Waals surface area contributed by atoms with E-state index >= 15 is 0 Å². The Morgan fingerprint density at radius 3 is 1.28 bits per heavy atom. The van der Waals surface area contributed by atoms with Crippen molar-refractivity contribution in [2.24, 2.45) is 23.5 Å². The number of nitrogens with one attached hydrogen (secondary N) is 3. The Labute approximate surface area is 525 Å². The van der Waals surface area contributed by atoms with Gasteiger partial charge < -0.3 is 36.9 Å². The number of nitrogens with zero attached hydrogens (tertiary/aromatic N) is 2. The molecule has 2 aromatic heterocycles. The number of benzene rings is 5. The van der Waals surface area contributed by atoms with E-state index in [1.807, 2.05) is 18.2 Å². The summed E-state index contributed by atoms with van der Waals surface area (Å²) in [4.78, 5) is 94.5. The summed E-state index contributed by atoms with van der Waals surface area (Å²) in [6, 6.07) is 43.8. The molecule has 0 bridgehead atoms. The van der Waals surface area contributed by atoms with Gasteiger partial charge in [-0.1, -0.05) is 85.5 Å². The van der Waals surface area contributed by atoms with Crippen molar-refractivity contribution in [3.63, 3.8) is 0 Å². The number of methoxy groups -OCH3 is 2. The number of anilines is 2. The van der Waals surface area contributed by atoms with Gasteiger partial charge in [-0.2, -0.15) is 0 Å². The summed E-state index contributed by atoms with van der Waals surface area (Å²) in [6.45, 7) is 0. The molecule has 3 fully saturated rings. The van der Waals surface area contributed by atoms with Gasteiger partial charge in [0, 0.05) is 97.2 Å². The Morgan fingerprint density at radius 2 is 0.851 bits per heavy atom. The van der Waals surface area contributed by atoms with E-state index in [1.54, 1.807) is 144 Å². The summed E-state index contributed by atoms with van der Waals surface area (Å²) in [5.74, 6) is -1.49. The number of halogens is 4. The van der Waals surface area contributed by atoms with Crippen LogP contribution in [0.25, 0.3) is 11.4 Å². The Hall–Kier alpha value is -8.06. The van der Waals surface area contributed by atoms with Crippen molar-refractivity contribution in [3.8, 4) is 11.4 Å². The molecule has 3 saturated carbocycles. The summed E-state index contributed by atoms with van der Waals surface area (Å²) < 4.78 is 12.6. The largest absolute Gasteiger partial charge is 0.469 e. The van der Waals surface area contributed by atoms with Crippen molar-refractivity contribution in [2.75, 3.05) is 25.3 Å². The van der Waals surface area contributed by atoms with E-state index in [0.717, 1.165) is 88.4 Å². The van der Waals surface area contributed by atoms with Crippen LogP contribution >= 0.6 is 46.4 Å². The van der Waals surface area contributed by atoms with Gasteiger partial charge in [0.05, 0.1) is 32.0 Å². The minimum atomic E-state index is -0.461. The number of nitrogen functional groups attached to an aromatic ring is 1. The maximum atomic E-state index is 13.0. The van der Waals surface area contributed by atoms with Gasteiger partial charge in [-0.15, -0.1) is 0 Å². The number of nitrogens with two attached hydrogens (primary N) is 2. The second-order valence-corrected chi connectivity index (χ2v) is 22.4. The average molecular weight is 1260 g/mol. The summed E-state index contributed by atoms with van der Waals surface area (Å²) in [5, 5.41) is 10.2. The lowest BCUT2D eigenvalue weighted by Gasteiger charge is -2.31. The molecular weight excluding hydrogens is 1190 g/mol. The predicted octanol–water partition coefficient (Wildman–Crippen LogP) is 12.0. The van der Waals surface area contributed by atoms with Gasteiger partial charge in [-0.05, 0) is 184 Å². The molecule has 87 heavy (non-hydrogen) atoms. The number of pyridine rings is 2. The predicted molar refractivity (Wildman–Crippen MR) is 342 cm³/mol. The summed E-state index contributed by atoms with van der Waals surface area (Å²) in [7, 11) is 2.80. The van der Waals surface area contributed by atoms with Crippen LogP contribution in [0.2, 0.25) is 15.1 Å². The molecule has 7 aromatic rings. The van der Waals surface area contributed by atoms with Crippen LogP contribution < -0.4 is 38.5 Å². The highest BCUT2D eigenvalue weighted by Crippen LogP contribution is 2.29. The lowest BCUT2D eigenvalue weighted by molar-refractivity contribution is -0.148. The molecule has 7 N–H and O–H groups in total. The number of amides is 3. The molecule has 21 heteroatoms. The maximum Gasteiger partial charge on any atom is 0.310 e. The van der Waals surface area contributed by atoms with Crippen LogP contribution in [0.4, 0.5) is 11.4 Å². The molecule has 5 aromatic carbocycles. The molecule has 17 nitrogen and oxygen atoms in total. The molecule has 3 aliphatic rings. The highest BCUT2D eigenvalue weighted by molar-refractivity contribution is 6.67. The molecule has 0 unspecified atom stereocenters. The van der Waals surface area contributed by atoms with Crippen LogP contribution in [0.15, 0.2) is 180 Å². The molecule has 0 aliphatic heterocycles. The van der Waals surface area contributed by atoms with Gasteiger partial charge in [-0.3, -0.25) is 47.5 Å². The van der Waals surface area contributed by atoms with E-state index in [1.165, 1.54) is 30.9 Å². The number of aromatic nitrogens is 2. The van der Waals surface area contributed by atoms with Crippen LogP contribution in [0, 0.1) is 17.8 Å². The number of hydrogen-bond donors (Lipinski definition) is 5. The third-order valence-electron chi connectivity index (χ3n) is 14.8. The number of esters is 2. The smallest absolute Gasteiger partial charge is 0.310 e. The van der Waals surface area contributed by atoms with Crippen molar-refractivity contribution < 1.29 is 38.2 Å². The first-order valence-electron chi connectivity index (χ1n) is 28.5. The van der Waals surface area contributed by atoms with Crippen molar-refractivity contribution >= 4 is 92.7 Å². The van der Waals surface area contributed by atoms with Gasteiger partial charge >= 0.3 is 11.9 Å². The summed E-state index contributed by atoms with van der Waals surface area (Å²) in [5.41, 5.74) is 15.6. The highest BCUT2D eigenvalue weighted by atomic mass is 35.5. The lowest BCUT2D eigenvalue weighted by atomic mass is 9.83. The number of carbonyl (C=O) groups excluding carboxylic acids is 6. The molecule has 2 heterocycles. The molecule has 458 valence electrons. The van der Waals surface area contributed by atoms with Crippen LogP contribution in [0.3, 0.4) is 0 Å². The van der Waals surface area contributed by atoms with Gasteiger partial charge in [-0.25, -0.2) is 0 Å². The monoisotopic (exact) mass is 1260 g/mol. The molecule has 6 atom stereocenters. The quantitative estimate of drug-likeness (QED) is 0.0461. The lowest BCUT2D eigenvalue weighted by Crippen LogP contribution is -2.46. The van der Waals surface area contributed by atoms with Crippen molar-refractivity contribution in [1.29, 1.82) is 0 Å². The minimum Gasteiger partial charge on any atom is -0.469 e. The average Bonchev–Trinajstić information content (AvgIpc) is 3.71. The molecule has 3 aliphatic carbocycles. The first-order valence-corrected chi connectivity index (χ1v) is 30.0. The van der Waals surface area contributed by atoms with Crippen molar-refractivity contribution in [2.45, 2.75) is 95.2 Å². The minimum absolute atomic E-state index is 0.0243. The van der Waals surface area contributed by atoms with Gasteiger partial charge in [0.15, 0.2) is 0 Å². The molecule has 0 spiro atoms. The van der Waals surface area contributed by atoms with E-state index < -0.39 is 5.24 Å². The van der Waals surface area contributed by atoms with Gasteiger partial charge in [0.1, 0.15) is 0 Å². The normalized spacial score (nSPS) is 18.4. The Morgan fingerprint density at radius 1 is 0.471 bits per heavy atom. The molecule has 10 rings (SSSR count). The zero-order valence-corrected chi connectivity index (χ0v) is 51.3. The Bertz CT molecular complexity index is 3490. The zero-order valence-electron chi connectivity index (χ0n) is 48.3. The van der Waals surface area contributed by atoms with Crippen LogP contribution in [-0.4, -0.2) is 76.4 Å². The Kier molecular flexibility index (Phi) is 27.3. The second kappa shape index (κ2) is 34.9. The first kappa shape index (κ1) is 68.1. The summed E-state index contributed by atoms with van der Waals surface area (Å²) >= 11 is 22.4. The first-order chi connectivity index (χ1) is 41.8. The molecular formula is C66H71Cl4N7O10. The van der Waals surface area contributed by atoms with Crippen LogP contribution in [0.1, 0.15) is 108 Å². The maximum absolute atomic E-state index is 13.0. The molecule has 3 amide bonds. The van der Waals surface area contributed by atoms with Crippen LogP contribution in [0.5, 0.6) is 0 Å². The third-order valence-corrected chi connectivity index (χ3v) is 15.8. The van der Waals surface area contributed by atoms with Crippen molar-refractivity contribution in [1.82, 2.24) is 19.8 Å². The zero-order chi connectivity index (χ0) is 62.8. The van der Waals surface area contributed by atoms with E-state index in [-0.39, 0.29) is 76.7 Å². The number of rotatable bonds is 11. The number of hydrogen-bond acceptors (Lipinski definition) is 12. The number of ether oxygens (including phenoxy) is 2. The molecule has 0 radical (unpaired) electrons. The van der Waals surface area contributed by atoms with Gasteiger partial charge in [0.25, 0.3) is 28.2 Å². The number of carbonyl (C=O) groups is 6. The SMILES string of the molecule is COC(=O)[C@H]1CCCC[C@@H]1N.COC(=O)[C@H]1CCCC[C@@H]1NC(=O)c1ccc(Cl)cc1.Nc1ccc(-n2ccccc2=O)cc1.O=C(Cl)c1ccc(Cl)cc1.O=C(N[C@H]1CCCC[C@@H]1C(=O)Nc1ccc(-n2ccccc2=O)cc1)c1ccc(Cl)cc1. The molecule has 0 saturated heterocycles. The van der Waals surface area contributed by atoms with E-state index in [2.05, 4.69) is 20.7 Å². The van der Waals surface area contributed by atoms with E-state index in [9.17, 15) is 38.4 Å². The fourth-order valence-corrected chi connectivity index (χ4v) is 10.6. The van der Waals surface area contributed by atoms with Crippen molar-refractivity contribution in [3.05, 3.63) is 223 Å². The van der Waals surface area contributed by atoms with Crippen LogP contribution in [-0.2, 0) is 23.9 Å². The fourth-order valence-electron chi connectivity index (χ4n) is 10.1. The van der Waals surface area contributed by atoms with E-state index in [4.69, 9.17) is 62.6 Å². The van der Waals surface area contributed by atoms with Gasteiger partial charge in [0.2, 0.25) is 5.91 Å². The standard InChI is InChI=1S/C25H24ClN3O3.C15H18ClNO3.C11H10N2O.C8H15NO2.C7H4Cl2O/c26-18-10-8-17(9-11-18)24(31)28-22-6-2-1-5-21(22)25(32)27-19-12-14-20(15-13-19)29-16-4-3-7-23(29)30;1-20-15(19)12-4-2-3-5-13(12)17-14(18)10-6-8-11(16)9-7-10;12-9-4-6-10(7-5-9)13-8-2-1-3-11(13)14;1-11-8(10)6-4-2-3-5-7(6)9;8-6-3-1-5(2-4-6)7(9)10/h3-4,7-16,21-22H,1-2,5-6H2,(H,27,32)(H,28,31);6-9,12-13H,2-5H2,1H3,(H,17,18);1-8H,12H2;6-7H,2-5,9H2,1H3;1-4H/t21-,22-;12-,13-;;6-,7-;/m00.0./s1. The highest BCUT2D eigenvalue weighted by Gasteiger charge is 2.34. The topological polar surface area (TPSA) is 253 Å². The second-order valence-electron chi connectivity index (χ2n) is 20.8. The Balaban J connectivity index is 0.000000188. The van der Waals surface area contributed by atoms with E-state index in [0.29, 0.717) is 43.1 Å². The fraction of sp³-hybridized carbons (Fsp3) is 0.303. The third kappa shape index (κ3) is 21.4.